The van der Waals surface area contributed by atoms with E-state index in [0.29, 0.717) is 44.9 Å². The first kappa shape index (κ1) is 25.1. The van der Waals surface area contributed by atoms with Gasteiger partial charge in [0, 0.05) is 15.6 Å². The van der Waals surface area contributed by atoms with Gasteiger partial charge in [-0.05, 0) is 54.0 Å². The summed E-state index contributed by atoms with van der Waals surface area (Å²) in [5.41, 5.74) is 1.69. The molecule has 8 nitrogen and oxygen atoms in total. The monoisotopic (exact) mass is 549 g/mol. The van der Waals surface area contributed by atoms with Gasteiger partial charge in [-0.1, -0.05) is 42.5 Å². The molecular formula is C27H24BrN3O5. The van der Waals surface area contributed by atoms with Crippen LogP contribution in [0.15, 0.2) is 81.1 Å². The predicted octanol–water partition coefficient (Wildman–Crippen LogP) is 5.05. The van der Waals surface area contributed by atoms with Crippen molar-refractivity contribution in [3.63, 3.8) is 0 Å². The minimum atomic E-state index is -0.823. The Labute approximate surface area is 216 Å². The highest BCUT2D eigenvalue weighted by Crippen LogP contribution is 2.34. The van der Waals surface area contributed by atoms with Crippen molar-refractivity contribution >= 4 is 39.0 Å². The van der Waals surface area contributed by atoms with Crippen molar-refractivity contribution in [2.45, 2.75) is 20.0 Å². The van der Waals surface area contributed by atoms with Crippen molar-refractivity contribution < 1.29 is 19.0 Å². The van der Waals surface area contributed by atoms with Crippen molar-refractivity contribution in [3.8, 4) is 22.9 Å². The van der Waals surface area contributed by atoms with Crippen LogP contribution in [0.25, 0.3) is 22.3 Å². The van der Waals surface area contributed by atoms with Crippen LogP contribution in [0.4, 0.5) is 0 Å². The minimum absolute atomic E-state index is 0.288. The normalized spacial score (nSPS) is 12.0. The largest absolute Gasteiger partial charge is 0.490 e. The molecule has 0 amide bonds. The lowest BCUT2D eigenvalue weighted by Crippen LogP contribution is -2.25. The van der Waals surface area contributed by atoms with Gasteiger partial charge in [0.1, 0.15) is 0 Å². The van der Waals surface area contributed by atoms with E-state index in [9.17, 15) is 9.59 Å². The Morgan fingerprint density at radius 2 is 1.83 bits per heavy atom. The average Bonchev–Trinajstić information content (AvgIpc) is 2.90. The third-order valence-corrected chi connectivity index (χ3v) is 5.98. The topological polar surface area (TPSA) is 92.0 Å². The van der Waals surface area contributed by atoms with Crippen LogP contribution in [0.1, 0.15) is 19.4 Å². The molecule has 0 aliphatic carbocycles. The highest BCUT2D eigenvalue weighted by molar-refractivity contribution is 9.10. The summed E-state index contributed by atoms with van der Waals surface area (Å²) in [6.45, 7) is 3.82. The number of methoxy groups -OCH3 is 1. The number of carbonyl (C=O) groups is 1. The molecule has 36 heavy (non-hydrogen) atoms. The Kier molecular flexibility index (Phi) is 7.80. The lowest BCUT2D eigenvalue weighted by Gasteiger charge is -2.17. The number of nitrogens with zero attached hydrogens (tertiary/aromatic N) is 3. The third kappa shape index (κ3) is 5.31. The number of esters is 1. The first-order valence-electron chi connectivity index (χ1n) is 11.2. The molecule has 1 heterocycles. The van der Waals surface area contributed by atoms with E-state index in [1.165, 1.54) is 11.8 Å². The van der Waals surface area contributed by atoms with Gasteiger partial charge in [0.25, 0.3) is 5.56 Å². The smallest absolute Gasteiger partial charge is 0.346 e. The summed E-state index contributed by atoms with van der Waals surface area (Å²) in [4.78, 5) is 29.9. The first-order chi connectivity index (χ1) is 17.4. The van der Waals surface area contributed by atoms with Crippen LogP contribution in [-0.2, 0) is 9.53 Å². The molecule has 1 atom stereocenters. The molecule has 3 aromatic carbocycles. The Bertz CT molecular complexity index is 1480. The fourth-order valence-electron chi connectivity index (χ4n) is 3.54. The molecule has 0 bridgehead atoms. The van der Waals surface area contributed by atoms with Gasteiger partial charge in [-0.15, -0.1) is 0 Å². The second-order valence-electron chi connectivity index (χ2n) is 7.72. The van der Waals surface area contributed by atoms with E-state index in [0.717, 1.165) is 5.56 Å². The lowest BCUT2D eigenvalue weighted by atomic mass is 10.2. The van der Waals surface area contributed by atoms with E-state index in [-0.39, 0.29) is 5.56 Å². The van der Waals surface area contributed by atoms with Gasteiger partial charge < -0.3 is 14.2 Å². The molecule has 9 heteroatoms. The number of para-hydroxylation sites is 1. The zero-order valence-corrected chi connectivity index (χ0v) is 21.6. The number of rotatable bonds is 8. The van der Waals surface area contributed by atoms with Crippen molar-refractivity contribution in [2.75, 3.05) is 13.7 Å². The Balaban J connectivity index is 1.80. The van der Waals surface area contributed by atoms with Crippen molar-refractivity contribution in [1.29, 1.82) is 0 Å². The van der Waals surface area contributed by atoms with Crippen LogP contribution in [0.2, 0.25) is 0 Å². The van der Waals surface area contributed by atoms with Crippen LogP contribution in [0, 0.1) is 0 Å². The maximum atomic E-state index is 13.4. The summed E-state index contributed by atoms with van der Waals surface area (Å²) in [5, 5.41) is 4.97. The summed E-state index contributed by atoms with van der Waals surface area (Å²) < 4.78 is 18.1. The summed E-state index contributed by atoms with van der Waals surface area (Å²) in [6, 6.07) is 20.0. The Morgan fingerprint density at radius 3 is 2.56 bits per heavy atom. The second-order valence-corrected chi connectivity index (χ2v) is 8.57. The Hall–Kier alpha value is -3.98. The molecule has 184 valence electrons. The van der Waals surface area contributed by atoms with Crippen molar-refractivity contribution in [3.05, 3.63) is 87.1 Å². The van der Waals surface area contributed by atoms with Gasteiger partial charge in [0.15, 0.2) is 23.4 Å². The number of halogens is 1. The number of fused-ring (bicyclic) bond motifs is 1. The zero-order valence-electron chi connectivity index (χ0n) is 20.0. The van der Waals surface area contributed by atoms with Crippen LogP contribution in [0.5, 0.6) is 11.5 Å². The molecule has 4 rings (SSSR count). The van der Waals surface area contributed by atoms with Crippen LogP contribution in [0.3, 0.4) is 0 Å². The molecule has 0 saturated carbocycles. The highest BCUT2D eigenvalue weighted by atomic mass is 79.9. The SMILES string of the molecule is CCOc1cc(C=Nn2c(-c3ccccc3)nc3ccccc3c2=O)c(Br)cc1O[C@@H](C)C(=O)OC. The van der Waals surface area contributed by atoms with Gasteiger partial charge in [-0.2, -0.15) is 9.78 Å². The summed E-state index contributed by atoms with van der Waals surface area (Å²) in [6.07, 6.45) is 0.723. The van der Waals surface area contributed by atoms with E-state index in [1.807, 2.05) is 43.3 Å². The molecule has 0 saturated heterocycles. The molecule has 4 aromatic rings. The maximum absolute atomic E-state index is 13.4. The van der Waals surface area contributed by atoms with Crippen molar-refractivity contribution in [1.82, 2.24) is 9.66 Å². The van der Waals surface area contributed by atoms with E-state index in [1.54, 1.807) is 43.5 Å². The van der Waals surface area contributed by atoms with E-state index in [4.69, 9.17) is 19.2 Å². The van der Waals surface area contributed by atoms with Crippen LogP contribution < -0.4 is 15.0 Å². The number of carbonyl (C=O) groups excluding carboxylic acids is 1. The van der Waals surface area contributed by atoms with Crippen LogP contribution in [-0.4, -0.2) is 41.7 Å². The first-order valence-corrected chi connectivity index (χ1v) is 12.0. The van der Waals surface area contributed by atoms with Gasteiger partial charge in [-0.25, -0.2) is 9.78 Å². The van der Waals surface area contributed by atoms with Gasteiger partial charge in [0.2, 0.25) is 0 Å². The molecule has 0 spiro atoms. The number of aromatic nitrogens is 2. The average molecular weight is 550 g/mol. The molecule has 0 radical (unpaired) electrons. The van der Waals surface area contributed by atoms with Crippen LogP contribution >= 0.6 is 15.9 Å². The molecule has 1 aromatic heterocycles. The van der Waals surface area contributed by atoms with Gasteiger partial charge in [-0.3, -0.25) is 4.79 Å². The molecule has 0 aliphatic heterocycles. The highest BCUT2D eigenvalue weighted by Gasteiger charge is 2.19. The molecule has 0 unspecified atom stereocenters. The summed E-state index contributed by atoms with van der Waals surface area (Å²) in [7, 11) is 1.30. The van der Waals surface area contributed by atoms with Crippen molar-refractivity contribution in [2.24, 2.45) is 5.10 Å². The summed E-state index contributed by atoms with van der Waals surface area (Å²) >= 11 is 3.53. The zero-order chi connectivity index (χ0) is 25.7. The van der Waals surface area contributed by atoms with E-state index >= 15 is 0 Å². The third-order valence-electron chi connectivity index (χ3n) is 5.30. The fourth-order valence-corrected chi connectivity index (χ4v) is 3.96. The number of hydrogen-bond donors (Lipinski definition) is 0. The quantitative estimate of drug-likeness (QED) is 0.225. The number of hydrogen-bond acceptors (Lipinski definition) is 7. The lowest BCUT2D eigenvalue weighted by molar-refractivity contribution is -0.147. The van der Waals surface area contributed by atoms with Gasteiger partial charge in [0.05, 0.1) is 30.8 Å². The predicted molar refractivity (Wildman–Crippen MR) is 142 cm³/mol. The van der Waals surface area contributed by atoms with E-state index in [2.05, 4.69) is 21.0 Å². The number of ether oxygens (including phenoxy) is 3. The molecule has 0 fully saturated rings. The second kappa shape index (κ2) is 11.2. The maximum Gasteiger partial charge on any atom is 0.346 e. The van der Waals surface area contributed by atoms with Gasteiger partial charge >= 0.3 is 5.97 Å². The summed E-state index contributed by atoms with van der Waals surface area (Å²) in [5.74, 6) is 0.706. The fraction of sp³-hybridized carbons (Fsp3) is 0.185. The molecule has 0 aliphatic rings. The molecular weight excluding hydrogens is 526 g/mol. The minimum Gasteiger partial charge on any atom is -0.490 e. The van der Waals surface area contributed by atoms with E-state index < -0.39 is 12.1 Å². The Morgan fingerprint density at radius 1 is 1.11 bits per heavy atom. The number of benzene rings is 3. The molecule has 0 N–H and O–H groups in total. The standard InChI is InChI=1S/C27H24BrN3O5/c1-4-35-23-14-19(21(28)15-24(23)36-17(2)27(33)34-3)16-29-31-25(18-10-6-5-7-11-18)30-22-13-9-8-12-20(22)26(31)32/h5-17H,4H2,1-3H3/t17-/m0/s1.